The fourth-order valence-corrected chi connectivity index (χ4v) is 1.10. The Balaban J connectivity index is 2.57. The molecule has 0 atom stereocenters. The van der Waals surface area contributed by atoms with Crippen molar-refractivity contribution in [3.63, 3.8) is 0 Å². The molecule has 5 heteroatoms. The highest BCUT2D eigenvalue weighted by Gasteiger charge is 2.13. The first-order valence-corrected chi connectivity index (χ1v) is 3.96. The molecule has 0 radical (unpaired) electrons. The number of phenolic OH excluding ortho intramolecular Hbond substituents is 1. The zero-order chi connectivity index (χ0) is 10.1. The van der Waals surface area contributed by atoms with Gasteiger partial charge in [0.05, 0.1) is 5.56 Å². The van der Waals surface area contributed by atoms with Gasteiger partial charge < -0.3 is 9.63 Å². The molecule has 4 nitrogen and oxygen atoms in total. The number of benzene rings is 1. The molecular weight excluding hydrogens is 187 g/mol. The smallest absolute Gasteiger partial charge is 0.223 e. The van der Waals surface area contributed by atoms with Crippen molar-refractivity contribution in [3.05, 3.63) is 29.9 Å². The summed E-state index contributed by atoms with van der Waals surface area (Å²) in [6.45, 7) is 1.62. The first kappa shape index (κ1) is 8.68. The number of aromatic nitrogens is 2. The number of halogens is 1. The van der Waals surface area contributed by atoms with Gasteiger partial charge in [0, 0.05) is 6.92 Å². The molecule has 0 unspecified atom stereocenters. The lowest BCUT2D eigenvalue weighted by molar-refractivity contribution is 0.393. The lowest BCUT2D eigenvalue weighted by Gasteiger charge is -1.98. The van der Waals surface area contributed by atoms with Crippen molar-refractivity contribution in [2.75, 3.05) is 0 Å². The van der Waals surface area contributed by atoms with Gasteiger partial charge in [0.25, 0.3) is 0 Å². The van der Waals surface area contributed by atoms with E-state index in [1.165, 1.54) is 12.1 Å². The molecule has 0 fully saturated rings. The number of phenols is 1. The van der Waals surface area contributed by atoms with Crippen LogP contribution in [0, 0.1) is 12.7 Å². The number of hydrogen-bond acceptors (Lipinski definition) is 4. The van der Waals surface area contributed by atoms with E-state index in [2.05, 4.69) is 10.1 Å². The fourth-order valence-electron chi connectivity index (χ4n) is 1.10. The molecule has 0 aliphatic heterocycles. The monoisotopic (exact) mass is 194 g/mol. The Hall–Kier alpha value is -1.91. The summed E-state index contributed by atoms with van der Waals surface area (Å²) in [6.07, 6.45) is 0. The number of aromatic hydroxyl groups is 1. The van der Waals surface area contributed by atoms with Crippen LogP contribution in [0.15, 0.2) is 22.7 Å². The third kappa shape index (κ3) is 1.32. The minimum absolute atomic E-state index is 0.180. The van der Waals surface area contributed by atoms with Crippen molar-refractivity contribution in [2.45, 2.75) is 6.92 Å². The maximum Gasteiger partial charge on any atom is 0.223 e. The quantitative estimate of drug-likeness (QED) is 0.753. The Labute approximate surface area is 79.0 Å². The molecule has 0 saturated carbocycles. The zero-order valence-corrected chi connectivity index (χ0v) is 7.36. The predicted octanol–water partition coefficient (Wildman–Crippen LogP) is 1.89. The topological polar surface area (TPSA) is 59.2 Å². The summed E-state index contributed by atoms with van der Waals surface area (Å²) < 4.78 is 17.7. The minimum Gasteiger partial charge on any atom is -0.504 e. The SMILES string of the molecule is Cc1nc(-c2cccc(F)c2O)no1. The average Bonchev–Trinajstić information content (AvgIpc) is 2.57. The van der Waals surface area contributed by atoms with E-state index in [0.717, 1.165) is 6.07 Å². The van der Waals surface area contributed by atoms with Gasteiger partial charge in [-0.05, 0) is 12.1 Å². The average molecular weight is 194 g/mol. The Morgan fingerprint density at radius 2 is 2.21 bits per heavy atom. The molecule has 0 amide bonds. The van der Waals surface area contributed by atoms with Crippen LogP contribution in [0.1, 0.15) is 5.89 Å². The summed E-state index contributed by atoms with van der Waals surface area (Å²) in [7, 11) is 0. The van der Waals surface area contributed by atoms with E-state index in [-0.39, 0.29) is 11.4 Å². The van der Waals surface area contributed by atoms with Gasteiger partial charge in [-0.1, -0.05) is 11.2 Å². The lowest BCUT2D eigenvalue weighted by atomic mass is 10.2. The summed E-state index contributed by atoms with van der Waals surface area (Å²) in [6, 6.07) is 4.14. The van der Waals surface area contributed by atoms with Crippen LogP contribution in [0.5, 0.6) is 5.75 Å². The molecule has 2 aromatic rings. The molecule has 0 bridgehead atoms. The second-order valence-electron chi connectivity index (χ2n) is 2.77. The van der Waals surface area contributed by atoms with Gasteiger partial charge in [0.1, 0.15) is 0 Å². The van der Waals surface area contributed by atoms with Crippen LogP contribution in [0.3, 0.4) is 0 Å². The zero-order valence-electron chi connectivity index (χ0n) is 7.36. The molecule has 1 N–H and O–H groups in total. The standard InChI is InChI=1S/C9H7FN2O2/c1-5-11-9(12-14-5)6-3-2-4-7(10)8(6)13/h2-4,13H,1H3. The van der Waals surface area contributed by atoms with Crippen LogP contribution in [0.4, 0.5) is 4.39 Å². The van der Waals surface area contributed by atoms with E-state index in [4.69, 9.17) is 4.52 Å². The van der Waals surface area contributed by atoms with Gasteiger partial charge in [-0.25, -0.2) is 4.39 Å². The number of nitrogens with zero attached hydrogens (tertiary/aromatic N) is 2. The second-order valence-corrected chi connectivity index (χ2v) is 2.77. The molecule has 14 heavy (non-hydrogen) atoms. The van der Waals surface area contributed by atoms with Crippen LogP contribution in [0.25, 0.3) is 11.4 Å². The van der Waals surface area contributed by atoms with E-state index in [9.17, 15) is 9.50 Å². The number of para-hydroxylation sites is 1. The van der Waals surface area contributed by atoms with E-state index < -0.39 is 11.6 Å². The molecule has 2 rings (SSSR count). The normalized spacial score (nSPS) is 10.4. The third-order valence-electron chi connectivity index (χ3n) is 1.76. The van der Waals surface area contributed by atoms with Crippen LogP contribution in [0.2, 0.25) is 0 Å². The molecule has 0 saturated heterocycles. The molecule has 1 heterocycles. The highest BCUT2D eigenvalue weighted by atomic mass is 19.1. The van der Waals surface area contributed by atoms with Crippen LogP contribution < -0.4 is 0 Å². The van der Waals surface area contributed by atoms with Gasteiger partial charge in [-0.2, -0.15) is 4.98 Å². The second kappa shape index (κ2) is 3.10. The molecule has 1 aromatic heterocycles. The van der Waals surface area contributed by atoms with Crippen LogP contribution in [-0.4, -0.2) is 15.2 Å². The van der Waals surface area contributed by atoms with Crippen molar-refractivity contribution < 1.29 is 14.0 Å². The Morgan fingerprint density at radius 1 is 1.43 bits per heavy atom. The van der Waals surface area contributed by atoms with Crippen molar-refractivity contribution >= 4 is 0 Å². The molecule has 0 aliphatic rings. The van der Waals surface area contributed by atoms with Crippen LogP contribution >= 0.6 is 0 Å². The van der Waals surface area contributed by atoms with Crippen molar-refractivity contribution in [3.8, 4) is 17.1 Å². The van der Waals surface area contributed by atoms with E-state index in [1.54, 1.807) is 6.92 Å². The van der Waals surface area contributed by atoms with Crippen LogP contribution in [-0.2, 0) is 0 Å². The maximum atomic E-state index is 12.9. The summed E-state index contributed by atoms with van der Waals surface area (Å²) >= 11 is 0. The highest BCUT2D eigenvalue weighted by Crippen LogP contribution is 2.28. The fraction of sp³-hybridized carbons (Fsp3) is 0.111. The van der Waals surface area contributed by atoms with E-state index in [1.807, 2.05) is 0 Å². The highest BCUT2D eigenvalue weighted by molar-refractivity contribution is 5.63. The Kier molecular flexibility index (Phi) is 1.92. The lowest BCUT2D eigenvalue weighted by Crippen LogP contribution is -1.84. The van der Waals surface area contributed by atoms with Crippen molar-refractivity contribution in [2.24, 2.45) is 0 Å². The largest absolute Gasteiger partial charge is 0.504 e. The molecule has 72 valence electrons. The predicted molar refractivity (Wildman–Crippen MR) is 46.1 cm³/mol. The number of hydrogen-bond donors (Lipinski definition) is 1. The summed E-state index contributed by atoms with van der Waals surface area (Å²) in [5.41, 5.74) is 0.224. The first-order chi connectivity index (χ1) is 6.68. The van der Waals surface area contributed by atoms with Crippen molar-refractivity contribution in [1.29, 1.82) is 0 Å². The van der Waals surface area contributed by atoms with E-state index >= 15 is 0 Å². The maximum absolute atomic E-state index is 12.9. The van der Waals surface area contributed by atoms with Crippen molar-refractivity contribution in [1.82, 2.24) is 10.1 Å². The summed E-state index contributed by atoms with van der Waals surface area (Å²) in [5, 5.41) is 12.9. The molecular formula is C9H7FN2O2. The van der Waals surface area contributed by atoms with Gasteiger partial charge >= 0.3 is 0 Å². The van der Waals surface area contributed by atoms with Gasteiger partial charge in [-0.3, -0.25) is 0 Å². The number of rotatable bonds is 1. The third-order valence-corrected chi connectivity index (χ3v) is 1.76. The molecule has 0 spiro atoms. The first-order valence-electron chi connectivity index (χ1n) is 3.96. The van der Waals surface area contributed by atoms with Gasteiger partial charge in [0.2, 0.25) is 11.7 Å². The Bertz CT molecular complexity index is 468. The Morgan fingerprint density at radius 3 is 2.86 bits per heavy atom. The summed E-state index contributed by atoms with van der Waals surface area (Å²) in [5.74, 6) is -0.624. The number of aryl methyl sites for hydroxylation is 1. The molecule has 0 aliphatic carbocycles. The summed E-state index contributed by atoms with van der Waals surface area (Å²) in [4.78, 5) is 3.88. The molecule has 1 aromatic carbocycles. The van der Waals surface area contributed by atoms with E-state index in [0.29, 0.717) is 5.89 Å². The minimum atomic E-state index is -0.704. The van der Waals surface area contributed by atoms with Gasteiger partial charge in [-0.15, -0.1) is 0 Å². The van der Waals surface area contributed by atoms with Gasteiger partial charge in [0.15, 0.2) is 11.6 Å².